The summed E-state index contributed by atoms with van der Waals surface area (Å²) in [5.41, 5.74) is 0. The summed E-state index contributed by atoms with van der Waals surface area (Å²) >= 11 is 0. The van der Waals surface area contributed by atoms with Crippen LogP contribution < -0.4 is 20.7 Å². The summed E-state index contributed by atoms with van der Waals surface area (Å²) in [6.45, 7) is 16.5. The van der Waals surface area contributed by atoms with Gasteiger partial charge in [-0.25, -0.2) is 0 Å². The van der Waals surface area contributed by atoms with Gasteiger partial charge in [-0.1, -0.05) is 181 Å². The summed E-state index contributed by atoms with van der Waals surface area (Å²) in [5, 5.41) is 6.43. The Morgan fingerprint density at radius 2 is 0.471 bits per heavy atom. The molecule has 34 heavy (non-hydrogen) atoms. The average Bonchev–Trinajstić information content (AvgIpc) is 2.89. The molecule has 0 N–H and O–H groups in total. The second-order valence-corrected chi connectivity index (χ2v) is 48.3. The third-order valence-corrected chi connectivity index (χ3v) is 73.9. The van der Waals surface area contributed by atoms with E-state index >= 15 is 0 Å². The summed E-state index contributed by atoms with van der Waals surface area (Å²) in [4.78, 5) is 0. The van der Waals surface area contributed by atoms with E-state index in [1.165, 1.54) is 0 Å². The number of hydrogen-bond acceptors (Lipinski definition) is 0. The summed E-state index contributed by atoms with van der Waals surface area (Å²) < 4.78 is 0. The van der Waals surface area contributed by atoms with E-state index < -0.39 is 29.4 Å². The monoisotopic (exact) mass is 510 g/mol. The smallest absolute Gasteiger partial charge is 0.0727 e. The van der Waals surface area contributed by atoms with Crippen LogP contribution in [0.1, 0.15) is 0 Å². The standard InChI is InChI=1S/C30H38Si4/c1-31(2,33(5,27-19-11-7-12-20-27)28-21-13-8-14-22-28)32(3,4)34(6,29-23-15-9-16-24-29)30-25-17-10-18-26-30/h7-26H,1-6H3. The van der Waals surface area contributed by atoms with Crippen molar-refractivity contribution in [3.05, 3.63) is 121 Å². The molecule has 0 aliphatic carbocycles. The van der Waals surface area contributed by atoms with E-state index in [0.29, 0.717) is 0 Å². The second kappa shape index (κ2) is 9.42. The van der Waals surface area contributed by atoms with Gasteiger partial charge in [-0.2, -0.15) is 0 Å². The molecule has 0 radical (unpaired) electrons. The fourth-order valence-electron chi connectivity index (χ4n) is 6.11. The molecule has 0 spiro atoms. The molecule has 4 aromatic carbocycles. The zero-order chi connectivity index (χ0) is 24.5. The lowest BCUT2D eigenvalue weighted by Crippen LogP contribution is -2.90. The van der Waals surface area contributed by atoms with Crippen LogP contribution in [-0.4, -0.2) is 29.4 Å². The Balaban J connectivity index is 2.02. The predicted octanol–water partition coefficient (Wildman–Crippen LogP) is 5.42. The van der Waals surface area contributed by atoms with Crippen molar-refractivity contribution in [1.82, 2.24) is 0 Å². The first-order chi connectivity index (χ1) is 16.2. The van der Waals surface area contributed by atoms with Gasteiger partial charge in [0.25, 0.3) is 0 Å². The molecular formula is C30H38Si4. The van der Waals surface area contributed by atoms with Crippen LogP contribution in [0.25, 0.3) is 0 Å². The fraction of sp³-hybridized carbons (Fsp3) is 0.200. The molecule has 0 aromatic heterocycles. The van der Waals surface area contributed by atoms with Crippen LogP contribution in [0, 0.1) is 0 Å². The van der Waals surface area contributed by atoms with Gasteiger partial charge in [0, 0.05) is 14.2 Å². The van der Waals surface area contributed by atoms with E-state index in [1.54, 1.807) is 20.7 Å². The molecule has 0 aliphatic rings. The molecule has 4 heteroatoms. The predicted molar refractivity (Wildman–Crippen MR) is 163 cm³/mol. The number of rotatable bonds is 7. The van der Waals surface area contributed by atoms with Crippen LogP contribution in [0.4, 0.5) is 0 Å². The van der Waals surface area contributed by atoms with Crippen LogP contribution >= 0.6 is 0 Å². The summed E-state index contributed by atoms with van der Waals surface area (Å²) in [6, 6.07) is 46.2. The maximum absolute atomic E-state index is 2.77. The lowest BCUT2D eigenvalue weighted by atomic mass is 10.4. The molecule has 4 rings (SSSR count). The van der Waals surface area contributed by atoms with E-state index in [-0.39, 0.29) is 0 Å². The van der Waals surface area contributed by atoms with Crippen LogP contribution in [-0.2, 0) is 0 Å². The van der Waals surface area contributed by atoms with Crippen LogP contribution in [0.3, 0.4) is 0 Å². The minimum Gasteiger partial charge on any atom is -0.0727 e. The van der Waals surface area contributed by atoms with Crippen LogP contribution in [0.2, 0.25) is 39.3 Å². The van der Waals surface area contributed by atoms with Crippen molar-refractivity contribution in [2.45, 2.75) is 39.3 Å². The highest BCUT2D eigenvalue weighted by Crippen LogP contribution is 2.35. The van der Waals surface area contributed by atoms with Crippen LogP contribution in [0.5, 0.6) is 0 Å². The number of benzene rings is 4. The van der Waals surface area contributed by atoms with Crippen molar-refractivity contribution in [2.24, 2.45) is 0 Å². The van der Waals surface area contributed by atoms with Gasteiger partial charge in [-0.05, 0) is 0 Å². The van der Waals surface area contributed by atoms with E-state index in [0.717, 1.165) is 0 Å². The fourth-order valence-corrected chi connectivity index (χ4v) is 75.0. The van der Waals surface area contributed by atoms with Gasteiger partial charge in [0.05, 0.1) is 0 Å². The molecule has 0 atom stereocenters. The normalized spacial score (nSPS) is 13.0. The first kappa shape index (κ1) is 24.9. The maximum atomic E-state index is 2.77. The van der Waals surface area contributed by atoms with E-state index in [4.69, 9.17) is 0 Å². The quantitative estimate of drug-likeness (QED) is 0.291. The van der Waals surface area contributed by atoms with Crippen LogP contribution in [0.15, 0.2) is 121 Å². The SMILES string of the molecule is C[Si](c1ccccc1)(c1ccccc1)[Si](C)(C)[Si](C)(C)[Si](C)(c1ccccc1)c1ccccc1. The average molecular weight is 511 g/mol. The Bertz CT molecular complexity index is 1030. The summed E-state index contributed by atoms with van der Waals surface area (Å²) in [5.74, 6) is 0. The highest BCUT2D eigenvalue weighted by atomic mass is 29.8. The molecule has 0 heterocycles. The minimum atomic E-state index is -2.00. The molecule has 4 aromatic rings. The molecule has 0 saturated heterocycles. The topological polar surface area (TPSA) is 0 Å². The molecule has 0 fully saturated rings. The maximum Gasteiger partial charge on any atom is 0.105 e. The third kappa shape index (κ3) is 3.77. The molecule has 174 valence electrons. The van der Waals surface area contributed by atoms with Gasteiger partial charge in [0.15, 0.2) is 0 Å². The molecule has 0 bridgehead atoms. The Morgan fingerprint density at radius 3 is 0.647 bits per heavy atom. The third-order valence-electron chi connectivity index (χ3n) is 9.47. The Hall–Kier alpha value is -2.25. The summed E-state index contributed by atoms with van der Waals surface area (Å²) in [7, 11) is -7.67. The van der Waals surface area contributed by atoms with E-state index in [1.807, 2.05) is 0 Å². The first-order valence-corrected chi connectivity index (χ1v) is 26.4. The molecule has 0 saturated carbocycles. The lowest BCUT2D eigenvalue weighted by Gasteiger charge is -2.57. The minimum absolute atomic E-state index is 1.61. The Labute approximate surface area is 210 Å². The van der Waals surface area contributed by atoms with Gasteiger partial charge >= 0.3 is 0 Å². The van der Waals surface area contributed by atoms with Crippen molar-refractivity contribution in [1.29, 1.82) is 0 Å². The number of hydrogen-bond donors (Lipinski definition) is 0. The first-order valence-electron chi connectivity index (χ1n) is 12.4. The Kier molecular flexibility index (Phi) is 6.89. The second-order valence-electron chi connectivity index (χ2n) is 11.0. The lowest BCUT2D eigenvalue weighted by molar-refractivity contribution is 1.68. The van der Waals surface area contributed by atoms with Gasteiger partial charge in [0.1, 0.15) is 15.2 Å². The van der Waals surface area contributed by atoms with E-state index in [2.05, 4.69) is 161 Å². The molecule has 0 aliphatic heterocycles. The van der Waals surface area contributed by atoms with Gasteiger partial charge in [-0.3, -0.25) is 0 Å². The van der Waals surface area contributed by atoms with Crippen molar-refractivity contribution in [2.75, 3.05) is 0 Å². The van der Waals surface area contributed by atoms with Gasteiger partial charge in [-0.15, -0.1) is 0 Å². The molecule has 0 nitrogen and oxygen atoms in total. The zero-order valence-corrected chi connectivity index (χ0v) is 25.5. The van der Waals surface area contributed by atoms with Gasteiger partial charge < -0.3 is 0 Å². The van der Waals surface area contributed by atoms with Crippen molar-refractivity contribution >= 4 is 50.1 Å². The Morgan fingerprint density at radius 1 is 0.294 bits per heavy atom. The van der Waals surface area contributed by atoms with Gasteiger partial charge in [0.2, 0.25) is 0 Å². The molecule has 0 unspecified atom stereocenters. The molecule has 0 amide bonds. The zero-order valence-electron chi connectivity index (χ0n) is 21.5. The van der Waals surface area contributed by atoms with Crippen molar-refractivity contribution in [3.63, 3.8) is 0 Å². The summed E-state index contributed by atoms with van der Waals surface area (Å²) in [6.07, 6.45) is 0. The molecular weight excluding hydrogens is 473 g/mol. The van der Waals surface area contributed by atoms with Crippen molar-refractivity contribution < 1.29 is 0 Å². The highest BCUT2D eigenvalue weighted by molar-refractivity contribution is 7.88. The van der Waals surface area contributed by atoms with E-state index in [9.17, 15) is 0 Å². The van der Waals surface area contributed by atoms with Crippen molar-refractivity contribution in [3.8, 4) is 0 Å². The largest absolute Gasteiger partial charge is 0.105 e. The highest BCUT2D eigenvalue weighted by Gasteiger charge is 2.63.